The van der Waals surface area contributed by atoms with E-state index in [4.69, 9.17) is 4.74 Å². The molecule has 6 heteroatoms. The predicted octanol–water partition coefficient (Wildman–Crippen LogP) is 3.56. The third-order valence-electron chi connectivity index (χ3n) is 4.21. The van der Waals surface area contributed by atoms with Crippen LogP contribution in [-0.2, 0) is 13.1 Å². The number of carbonyl (C=O) groups excluding carboxylic acids is 1. The van der Waals surface area contributed by atoms with E-state index in [0.717, 1.165) is 23.7 Å². The number of imidazole rings is 1. The summed E-state index contributed by atoms with van der Waals surface area (Å²) in [5.41, 5.74) is 1.62. The highest BCUT2D eigenvalue weighted by atomic mass is 16.5. The lowest BCUT2D eigenvalue weighted by Crippen LogP contribution is -2.10. The minimum Gasteiger partial charge on any atom is -0.474 e. The van der Waals surface area contributed by atoms with Crippen molar-refractivity contribution in [2.24, 2.45) is 5.92 Å². The number of fused-ring (bicyclic) bond motifs is 1. The molecule has 25 heavy (non-hydrogen) atoms. The number of rotatable bonds is 7. The average molecular weight is 340 g/mol. The van der Waals surface area contributed by atoms with Crippen LogP contribution in [0.2, 0.25) is 0 Å². The maximum Gasteiger partial charge on any atom is 0.238 e. The number of nitrogens with zero attached hydrogens (tertiary/aromatic N) is 4. The molecule has 0 aromatic carbocycles. The van der Waals surface area contributed by atoms with Gasteiger partial charge in [-0.1, -0.05) is 13.8 Å². The predicted molar refractivity (Wildman–Crippen MR) is 96.9 cm³/mol. The molecule has 0 atom stereocenters. The maximum atomic E-state index is 11.4. The topological polar surface area (TPSA) is 61.9 Å². The molecule has 3 heterocycles. The van der Waals surface area contributed by atoms with Gasteiger partial charge in [-0.2, -0.15) is 0 Å². The molecular formula is C19H24N4O2. The fraction of sp³-hybridized carbons (Fsp3) is 0.421. The van der Waals surface area contributed by atoms with Crippen molar-refractivity contribution in [3.05, 3.63) is 42.7 Å². The number of ether oxygens (including phenoxy) is 1. The summed E-state index contributed by atoms with van der Waals surface area (Å²) in [5.74, 6) is 1.26. The molecule has 0 bridgehead atoms. The largest absolute Gasteiger partial charge is 0.474 e. The van der Waals surface area contributed by atoms with Gasteiger partial charge in [0.15, 0.2) is 6.29 Å². The first kappa shape index (κ1) is 17.2. The van der Waals surface area contributed by atoms with E-state index < -0.39 is 0 Å². The van der Waals surface area contributed by atoms with Crippen LogP contribution in [0.1, 0.15) is 37.2 Å². The summed E-state index contributed by atoms with van der Waals surface area (Å²) in [6, 6.07) is 3.84. The smallest absolute Gasteiger partial charge is 0.238 e. The van der Waals surface area contributed by atoms with E-state index in [-0.39, 0.29) is 0 Å². The van der Waals surface area contributed by atoms with Gasteiger partial charge < -0.3 is 13.9 Å². The van der Waals surface area contributed by atoms with Gasteiger partial charge in [-0.05, 0) is 30.9 Å². The van der Waals surface area contributed by atoms with E-state index in [2.05, 4.69) is 14.5 Å². The van der Waals surface area contributed by atoms with Crippen molar-refractivity contribution >= 4 is 17.2 Å². The van der Waals surface area contributed by atoms with Gasteiger partial charge in [0.25, 0.3) is 0 Å². The lowest BCUT2D eigenvalue weighted by atomic mass is 10.3. The highest BCUT2D eigenvalue weighted by Gasteiger charge is 2.24. The molecule has 0 saturated heterocycles. The molecule has 0 spiro atoms. The monoisotopic (exact) mass is 340 g/mol. The highest BCUT2D eigenvalue weighted by Crippen LogP contribution is 2.34. The molecular weight excluding hydrogens is 316 g/mol. The average Bonchev–Trinajstić information content (AvgIpc) is 3.18. The van der Waals surface area contributed by atoms with Crippen LogP contribution in [0.3, 0.4) is 0 Å². The van der Waals surface area contributed by atoms with E-state index in [1.54, 1.807) is 18.7 Å². The summed E-state index contributed by atoms with van der Waals surface area (Å²) in [6.07, 6.45) is 10.5. The zero-order chi connectivity index (χ0) is 17.6. The standard InChI is InChI=1S/C17H18N4O2.C2H6/c22-11-15-9-14-3-4-19-17(16(14)21(15)10-13-1-2-13)23-8-7-20-6-5-18-12-20;1-2/h3-6,9,11-13H,1-2,7-8,10H2;1-2H3. The van der Waals surface area contributed by atoms with Crippen LogP contribution in [-0.4, -0.2) is 32.0 Å². The van der Waals surface area contributed by atoms with Crippen LogP contribution in [0, 0.1) is 5.92 Å². The van der Waals surface area contributed by atoms with Gasteiger partial charge >= 0.3 is 0 Å². The second-order valence-corrected chi connectivity index (χ2v) is 5.94. The Kier molecular flexibility index (Phi) is 5.48. The maximum absolute atomic E-state index is 11.4. The Bertz CT molecular complexity index is 819. The van der Waals surface area contributed by atoms with Crippen molar-refractivity contribution in [2.75, 3.05) is 6.61 Å². The fourth-order valence-electron chi connectivity index (χ4n) is 2.83. The van der Waals surface area contributed by atoms with Crippen molar-refractivity contribution in [1.29, 1.82) is 0 Å². The van der Waals surface area contributed by atoms with Crippen molar-refractivity contribution in [2.45, 2.75) is 39.8 Å². The van der Waals surface area contributed by atoms with Gasteiger partial charge in [-0.25, -0.2) is 9.97 Å². The molecule has 1 aliphatic rings. The minimum atomic E-state index is 0.507. The van der Waals surface area contributed by atoms with Gasteiger partial charge in [0, 0.05) is 30.5 Å². The lowest BCUT2D eigenvalue weighted by Gasteiger charge is -2.11. The second-order valence-electron chi connectivity index (χ2n) is 5.94. The Morgan fingerprint density at radius 3 is 2.84 bits per heavy atom. The summed E-state index contributed by atoms with van der Waals surface area (Å²) < 4.78 is 9.91. The zero-order valence-corrected chi connectivity index (χ0v) is 14.8. The summed E-state index contributed by atoms with van der Waals surface area (Å²) >= 11 is 0. The van der Waals surface area contributed by atoms with Crippen molar-refractivity contribution in [1.82, 2.24) is 19.1 Å². The molecule has 132 valence electrons. The third-order valence-corrected chi connectivity index (χ3v) is 4.21. The Morgan fingerprint density at radius 2 is 2.16 bits per heavy atom. The Labute approximate surface area is 147 Å². The lowest BCUT2D eigenvalue weighted by molar-refractivity contribution is 0.111. The number of hydrogen-bond acceptors (Lipinski definition) is 4. The van der Waals surface area contributed by atoms with E-state index in [9.17, 15) is 4.79 Å². The summed E-state index contributed by atoms with van der Waals surface area (Å²) in [6.45, 7) is 6.08. The first-order valence-corrected chi connectivity index (χ1v) is 8.87. The minimum absolute atomic E-state index is 0.507. The summed E-state index contributed by atoms with van der Waals surface area (Å²) in [4.78, 5) is 19.8. The first-order chi connectivity index (χ1) is 12.3. The Hall–Kier alpha value is -2.63. The molecule has 1 aliphatic carbocycles. The number of hydrogen-bond donors (Lipinski definition) is 0. The van der Waals surface area contributed by atoms with Gasteiger partial charge in [-0.15, -0.1) is 0 Å². The Morgan fingerprint density at radius 1 is 1.32 bits per heavy atom. The van der Waals surface area contributed by atoms with Gasteiger partial charge in [0.1, 0.15) is 12.1 Å². The molecule has 0 amide bonds. The van der Waals surface area contributed by atoms with E-state index in [0.29, 0.717) is 30.6 Å². The number of aldehydes is 1. The molecule has 4 rings (SSSR count). The van der Waals surface area contributed by atoms with Crippen molar-refractivity contribution in [3.8, 4) is 5.88 Å². The first-order valence-electron chi connectivity index (χ1n) is 8.87. The van der Waals surface area contributed by atoms with Crippen LogP contribution in [0.25, 0.3) is 10.9 Å². The molecule has 0 aliphatic heterocycles. The quantitative estimate of drug-likeness (QED) is 0.617. The van der Waals surface area contributed by atoms with Crippen LogP contribution in [0.4, 0.5) is 0 Å². The highest BCUT2D eigenvalue weighted by molar-refractivity contribution is 5.91. The molecule has 6 nitrogen and oxygen atoms in total. The van der Waals surface area contributed by atoms with Gasteiger partial charge in [0.2, 0.25) is 5.88 Å². The van der Waals surface area contributed by atoms with E-state index >= 15 is 0 Å². The van der Waals surface area contributed by atoms with E-state index in [1.165, 1.54) is 12.8 Å². The van der Waals surface area contributed by atoms with Gasteiger partial charge in [0.05, 0.1) is 18.6 Å². The van der Waals surface area contributed by atoms with Crippen molar-refractivity contribution < 1.29 is 9.53 Å². The van der Waals surface area contributed by atoms with Gasteiger partial charge in [-0.3, -0.25) is 4.79 Å². The summed E-state index contributed by atoms with van der Waals surface area (Å²) in [5, 5.41) is 1.00. The van der Waals surface area contributed by atoms with Crippen LogP contribution in [0.5, 0.6) is 5.88 Å². The molecule has 3 aromatic heterocycles. The number of aromatic nitrogens is 4. The van der Waals surface area contributed by atoms with Crippen LogP contribution in [0.15, 0.2) is 37.1 Å². The molecule has 0 unspecified atom stereocenters. The number of pyridine rings is 1. The van der Waals surface area contributed by atoms with Crippen LogP contribution >= 0.6 is 0 Å². The number of carbonyl (C=O) groups is 1. The molecule has 0 radical (unpaired) electrons. The third kappa shape index (κ3) is 3.90. The summed E-state index contributed by atoms with van der Waals surface area (Å²) in [7, 11) is 0. The van der Waals surface area contributed by atoms with E-state index in [1.807, 2.05) is 36.7 Å². The molecule has 1 saturated carbocycles. The fourth-order valence-corrected chi connectivity index (χ4v) is 2.83. The molecule has 1 fully saturated rings. The SMILES string of the molecule is CC.O=Cc1cc2ccnc(OCCn3ccnc3)c2n1CC1CC1. The second kappa shape index (κ2) is 7.96. The van der Waals surface area contributed by atoms with Crippen LogP contribution < -0.4 is 4.74 Å². The molecule has 3 aromatic rings. The normalized spacial score (nSPS) is 13.4. The Balaban J connectivity index is 0.000000880. The molecule has 0 N–H and O–H groups in total. The van der Waals surface area contributed by atoms with Crippen molar-refractivity contribution in [3.63, 3.8) is 0 Å². The zero-order valence-electron chi connectivity index (χ0n) is 14.8.